The van der Waals surface area contributed by atoms with Gasteiger partial charge in [-0.1, -0.05) is 138 Å². The van der Waals surface area contributed by atoms with E-state index in [9.17, 15) is 0 Å². The molecule has 2 aliphatic carbocycles. The van der Waals surface area contributed by atoms with Crippen LogP contribution in [0.3, 0.4) is 0 Å². The first-order chi connectivity index (χ1) is 39.9. The van der Waals surface area contributed by atoms with Crippen molar-refractivity contribution in [2.45, 2.75) is 133 Å². The molecule has 4 aliphatic heterocycles. The molecular formula is C77H80Cl2N4+2. The van der Waals surface area contributed by atoms with E-state index in [1.54, 1.807) is 11.1 Å². The van der Waals surface area contributed by atoms with E-state index in [2.05, 4.69) is 253 Å². The third-order valence-electron chi connectivity index (χ3n) is 20.5. The third-order valence-corrected chi connectivity index (χ3v) is 21.0. The molecule has 420 valence electrons. The lowest BCUT2D eigenvalue weighted by Gasteiger charge is -2.32. The van der Waals surface area contributed by atoms with Gasteiger partial charge >= 0.3 is 0 Å². The monoisotopic (exact) mass is 1130 g/mol. The molecule has 7 aromatic carbocycles. The number of benzene rings is 7. The molecule has 4 heterocycles. The van der Waals surface area contributed by atoms with Crippen molar-refractivity contribution < 1.29 is 9.15 Å². The van der Waals surface area contributed by atoms with Crippen molar-refractivity contribution in [2.75, 3.05) is 38.0 Å². The molecule has 0 fully saturated rings. The van der Waals surface area contributed by atoms with Crippen LogP contribution in [0.2, 0.25) is 10.0 Å². The number of hydrogen-bond acceptors (Lipinski definition) is 2. The van der Waals surface area contributed by atoms with Crippen LogP contribution >= 0.6 is 23.2 Å². The Bertz CT molecular complexity index is 3860. The molecule has 0 N–H and O–H groups in total. The molecule has 13 rings (SSSR count). The summed E-state index contributed by atoms with van der Waals surface area (Å²) in [4.78, 5) is 5.09. The summed E-state index contributed by atoms with van der Waals surface area (Å²) in [5, 5.41) is 6.86. The summed E-state index contributed by atoms with van der Waals surface area (Å²) in [7, 11) is 9.04. The van der Waals surface area contributed by atoms with Crippen LogP contribution in [0.1, 0.15) is 151 Å². The van der Waals surface area contributed by atoms with Crippen LogP contribution in [0.4, 0.5) is 22.7 Å². The Kier molecular flexibility index (Phi) is 13.9. The zero-order valence-corrected chi connectivity index (χ0v) is 51.9. The molecule has 0 aromatic heterocycles. The van der Waals surface area contributed by atoms with Gasteiger partial charge in [0.25, 0.3) is 0 Å². The SMILES string of the molecule is CN1C(=CC=CC2=[N+](C)c3ccc(Cl)cc3C2(C)C)C(C)(CC2=CCCCC2)c2c1cc(C(c1ccccc1)c1cc3c(c4ccccc14)C(C)(CC1=CCCCC1)C(=CC=CC1=[N+](C)c4ccc(Cl)cc4C1(C)C)N3C)c1ccccc21. The van der Waals surface area contributed by atoms with Gasteiger partial charge in [-0.15, -0.1) is 0 Å². The zero-order chi connectivity index (χ0) is 57.7. The maximum Gasteiger partial charge on any atom is 0.209 e. The summed E-state index contributed by atoms with van der Waals surface area (Å²) in [6, 6.07) is 48.0. The zero-order valence-electron chi connectivity index (χ0n) is 50.4. The van der Waals surface area contributed by atoms with Gasteiger partial charge in [-0.05, 0) is 204 Å². The number of likely N-dealkylation sites (N-methyl/N-ethyl adjacent to an activating group) is 2. The topological polar surface area (TPSA) is 12.5 Å². The standard InChI is InChI=1S/C77H80Cl2N4/c1-74(2)61-44-53(78)40-42-63(61)80(7)67(74)36-24-38-69-76(5,48-50-26-14-11-15-27-50)72-57-34-22-20-32-55(57)59(46-65(72)82(69)9)71(52-30-18-13-19-31-52)60-47-66-73(58-35-23-21-33-56(58)60)77(6,49-51-28-16-12-17-29-51)70(83(66)10)39-25-37-68-75(3,4)62-45-54(79)41-43-64(62)81(68)8/h13,18-26,28,30-47,71H,11-12,14-17,27,29,48-49H2,1-10H3/q+2. The summed E-state index contributed by atoms with van der Waals surface area (Å²) in [6.45, 7) is 14.4. The molecule has 7 aromatic rings. The number of fused-ring (bicyclic) bond motifs is 8. The number of hydrogen-bond donors (Lipinski definition) is 0. The van der Waals surface area contributed by atoms with E-state index in [4.69, 9.17) is 23.2 Å². The fourth-order valence-electron chi connectivity index (χ4n) is 16.4. The van der Waals surface area contributed by atoms with Crippen LogP contribution in [0.25, 0.3) is 21.5 Å². The van der Waals surface area contributed by atoms with Gasteiger partial charge < -0.3 is 9.80 Å². The summed E-state index contributed by atoms with van der Waals surface area (Å²) in [6.07, 6.45) is 31.0. The van der Waals surface area contributed by atoms with Crippen LogP contribution in [0, 0.1) is 0 Å². The van der Waals surface area contributed by atoms with E-state index in [1.165, 1.54) is 132 Å². The molecule has 2 unspecified atom stereocenters. The highest BCUT2D eigenvalue weighted by Gasteiger charge is 2.49. The molecule has 6 aliphatic rings. The number of rotatable bonds is 11. The first-order valence-electron chi connectivity index (χ1n) is 30.5. The van der Waals surface area contributed by atoms with Gasteiger partial charge in [0.2, 0.25) is 11.4 Å². The van der Waals surface area contributed by atoms with E-state index < -0.39 is 0 Å². The van der Waals surface area contributed by atoms with Gasteiger partial charge in [-0.25, -0.2) is 0 Å². The third kappa shape index (κ3) is 8.98. The molecule has 0 amide bonds. The molecule has 83 heavy (non-hydrogen) atoms. The van der Waals surface area contributed by atoms with Crippen molar-refractivity contribution in [3.8, 4) is 0 Å². The molecule has 6 heteroatoms. The van der Waals surface area contributed by atoms with Crippen LogP contribution in [-0.4, -0.2) is 48.8 Å². The lowest BCUT2D eigenvalue weighted by Crippen LogP contribution is -2.28. The molecule has 0 saturated heterocycles. The van der Waals surface area contributed by atoms with Gasteiger partial charge in [0.1, 0.15) is 14.1 Å². The van der Waals surface area contributed by atoms with Crippen molar-refractivity contribution in [3.63, 3.8) is 0 Å². The van der Waals surface area contributed by atoms with Crippen molar-refractivity contribution >= 4 is 78.9 Å². The second-order valence-electron chi connectivity index (χ2n) is 26.3. The molecular weight excluding hydrogens is 1050 g/mol. The first kappa shape index (κ1) is 55.2. The summed E-state index contributed by atoms with van der Waals surface area (Å²) >= 11 is 13.3. The lowest BCUT2D eigenvalue weighted by molar-refractivity contribution is -0.401. The van der Waals surface area contributed by atoms with E-state index in [-0.39, 0.29) is 27.6 Å². The van der Waals surface area contributed by atoms with Crippen molar-refractivity contribution in [1.29, 1.82) is 0 Å². The summed E-state index contributed by atoms with van der Waals surface area (Å²) in [5.74, 6) is -0.0813. The van der Waals surface area contributed by atoms with Crippen molar-refractivity contribution in [1.82, 2.24) is 0 Å². The fourth-order valence-corrected chi connectivity index (χ4v) is 16.8. The number of allylic oxidation sites excluding steroid dienone is 12. The first-order valence-corrected chi connectivity index (χ1v) is 31.3. The highest BCUT2D eigenvalue weighted by Crippen LogP contribution is 2.59. The number of halogens is 2. The van der Waals surface area contributed by atoms with Gasteiger partial charge in [0.15, 0.2) is 11.4 Å². The van der Waals surface area contributed by atoms with E-state index in [0.29, 0.717) is 0 Å². The van der Waals surface area contributed by atoms with Gasteiger partial charge in [-0.3, -0.25) is 0 Å². The Morgan fingerprint density at radius 3 is 1.33 bits per heavy atom. The van der Waals surface area contributed by atoms with Gasteiger partial charge in [-0.2, -0.15) is 9.15 Å². The molecule has 4 nitrogen and oxygen atoms in total. The van der Waals surface area contributed by atoms with Crippen LogP contribution in [-0.2, 0) is 21.7 Å². The maximum absolute atomic E-state index is 6.63. The average Bonchev–Trinajstić information content (AvgIpc) is 2.55. The summed E-state index contributed by atoms with van der Waals surface area (Å²) in [5.41, 5.74) is 21.7. The van der Waals surface area contributed by atoms with Crippen molar-refractivity contribution in [3.05, 3.63) is 248 Å². The fraction of sp³-hybridized carbons (Fsp3) is 0.325. The van der Waals surface area contributed by atoms with E-state index in [0.717, 1.165) is 48.6 Å². The Labute approximate surface area is 503 Å². The Morgan fingerprint density at radius 1 is 0.506 bits per heavy atom. The predicted molar refractivity (Wildman–Crippen MR) is 354 cm³/mol. The van der Waals surface area contributed by atoms with E-state index >= 15 is 0 Å². The van der Waals surface area contributed by atoms with Crippen molar-refractivity contribution in [2.24, 2.45) is 0 Å². The molecule has 0 bridgehead atoms. The highest BCUT2D eigenvalue weighted by atomic mass is 35.5. The maximum atomic E-state index is 6.63. The molecule has 2 atom stereocenters. The summed E-state index contributed by atoms with van der Waals surface area (Å²) < 4.78 is 4.69. The molecule has 0 spiro atoms. The lowest BCUT2D eigenvalue weighted by atomic mass is 9.70. The minimum absolute atomic E-state index is 0.0813. The number of nitrogens with zero attached hydrogens (tertiary/aromatic N) is 4. The van der Waals surface area contributed by atoms with Crippen LogP contribution in [0.5, 0.6) is 0 Å². The molecule has 0 radical (unpaired) electrons. The molecule has 0 saturated carbocycles. The van der Waals surface area contributed by atoms with Crippen LogP contribution < -0.4 is 9.80 Å². The predicted octanol–water partition coefficient (Wildman–Crippen LogP) is 20.0. The minimum atomic E-state index is -0.284. The van der Waals surface area contributed by atoms with E-state index in [1.807, 2.05) is 12.1 Å². The Hall–Kier alpha value is -6.98. The quantitative estimate of drug-likeness (QED) is 0.0727. The average molecular weight is 1130 g/mol. The normalized spacial score (nSPS) is 23.1. The smallest absolute Gasteiger partial charge is 0.209 e. The van der Waals surface area contributed by atoms with Crippen LogP contribution in [0.15, 0.2) is 199 Å². The largest absolute Gasteiger partial charge is 0.347 e. The van der Waals surface area contributed by atoms with Gasteiger partial charge in [0.05, 0.1) is 10.8 Å². The highest BCUT2D eigenvalue weighted by molar-refractivity contribution is 6.31. The Morgan fingerprint density at radius 2 is 0.916 bits per heavy atom. The Balaban J connectivity index is 0.984. The second-order valence-corrected chi connectivity index (χ2v) is 27.2. The minimum Gasteiger partial charge on any atom is -0.347 e. The van der Waals surface area contributed by atoms with Gasteiger partial charge in [0, 0.05) is 99.1 Å². The number of anilines is 2. The second kappa shape index (κ2) is 21.0.